The van der Waals surface area contributed by atoms with E-state index in [1.807, 2.05) is 11.9 Å². The van der Waals surface area contributed by atoms with Crippen LogP contribution in [0, 0.1) is 10.1 Å². The van der Waals surface area contributed by atoms with Crippen molar-refractivity contribution in [1.29, 1.82) is 0 Å². The highest BCUT2D eigenvalue weighted by atomic mass is 16.6. The van der Waals surface area contributed by atoms with Gasteiger partial charge in [-0.15, -0.1) is 0 Å². The quantitative estimate of drug-likeness (QED) is 0.430. The zero-order valence-electron chi connectivity index (χ0n) is 8.51. The lowest BCUT2D eigenvalue weighted by Crippen LogP contribution is -2.24. The van der Waals surface area contributed by atoms with Gasteiger partial charge in [-0.2, -0.15) is 0 Å². The molecule has 0 spiro atoms. The molecule has 0 bridgehead atoms. The molecule has 0 radical (unpaired) electrons. The maximum Gasteiger partial charge on any atom is 0.292 e. The van der Waals surface area contributed by atoms with E-state index in [4.69, 9.17) is 11.5 Å². The van der Waals surface area contributed by atoms with E-state index in [1.165, 1.54) is 6.07 Å². The maximum absolute atomic E-state index is 10.5. The first kappa shape index (κ1) is 11.3. The number of likely N-dealkylation sites (N-methyl/N-ethyl adjacent to an activating group) is 1. The van der Waals surface area contributed by atoms with Gasteiger partial charge in [-0.05, 0) is 12.1 Å². The van der Waals surface area contributed by atoms with E-state index in [0.29, 0.717) is 13.1 Å². The van der Waals surface area contributed by atoms with E-state index in [-0.39, 0.29) is 11.4 Å². The summed E-state index contributed by atoms with van der Waals surface area (Å²) in [4.78, 5) is 11.9. The van der Waals surface area contributed by atoms with Crippen LogP contribution in [0.4, 0.5) is 17.1 Å². The summed E-state index contributed by atoms with van der Waals surface area (Å²) < 4.78 is 0. The van der Waals surface area contributed by atoms with Crippen molar-refractivity contribution in [2.45, 2.75) is 0 Å². The second-order valence-corrected chi connectivity index (χ2v) is 3.21. The molecule has 0 unspecified atom stereocenters. The SMILES string of the molecule is CN(CCN)c1ccc([N+](=O)[O-])c(N)c1. The van der Waals surface area contributed by atoms with Crippen LogP contribution in [0.2, 0.25) is 0 Å². The number of hydrogen-bond acceptors (Lipinski definition) is 5. The topological polar surface area (TPSA) is 98.4 Å². The standard InChI is InChI=1S/C9H14N4O2/c1-12(5-4-10)7-2-3-9(13(14)15)8(11)6-7/h2-3,6H,4-5,10-11H2,1H3. The van der Waals surface area contributed by atoms with Gasteiger partial charge in [-0.25, -0.2) is 0 Å². The monoisotopic (exact) mass is 210 g/mol. The smallest absolute Gasteiger partial charge is 0.292 e. The minimum Gasteiger partial charge on any atom is -0.393 e. The number of nitrogen functional groups attached to an aromatic ring is 1. The number of rotatable bonds is 4. The van der Waals surface area contributed by atoms with Gasteiger partial charge in [0.05, 0.1) is 4.92 Å². The Morgan fingerprint density at radius 2 is 2.20 bits per heavy atom. The number of nitrogens with two attached hydrogens (primary N) is 2. The van der Waals surface area contributed by atoms with Crippen molar-refractivity contribution in [3.05, 3.63) is 28.3 Å². The third-order valence-corrected chi connectivity index (χ3v) is 2.11. The molecule has 0 amide bonds. The van der Waals surface area contributed by atoms with Gasteiger partial charge in [-0.3, -0.25) is 10.1 Å². The third kappa shape index (κ3) is 2.57. The Kier molecular flexibility index (Phi) is 3.46. The first-order chi connectivity index (χ1) is 7.06. The Labute approximate surface area is 87.6 Å². The van der Waals surface area contributed by atoms with Crippen molar-refractivity contribution in [3.8, 4) is 0 Å². The van der Waals surface area contributed by atoms with Gasteiger partial charge in [0.2, 0.25) is 0 Å². The number of nitro groups is 1. The largest absolute Gasteiger partial charge is 0.393 e. The molecule has 82 valence electrons. The molecule has 1 aromatic rings. The van der Waals surface area contributed by atoms with Crippen molar-refractivity contribution < 1.29 is 4.92 Å². The summed E-state index contributed by atoms with van der Waals surface area (Å²) in [6.45, 7) is 1.20. The molecule has 6 nitrogen and oxygen atoms in total. The van der Waals surface area contributed by atoms with Crippen LogP contribution in [0.3, 0.4) is 0 Å². The van der Waals surface area contributed by atoms with Gasteiger partial charge in [-0.1, -0.05) is 0 Å². The van der Waals surface area contributed by atoms with Gasteiger partial charge < -0.3 is 16.4 Å². The lowest BCUT2D eigenvalue weighted by atomic mass is 10.2. The van der Waals surface area contributed by atoms with Crippen LogP contribution in [0.25, 0.3) is 0 Å². The van der Waals surface area contributed by atoms with Crippen LogP contribution >= 0.6 is 0 Å². The van der Waals surface area contributed by atoms with Crippen molar-refractivity contribution in [3.63, 3.8) is 0 Å². The highest BCUT2D eigenvalue weighted by Gasteiger charge is 2.12. The van der Waals surface area contributed by atoms with Crippen molar-refractivity contribution >= 4 is 17.1 Å². The fraction of sp³-hybridized carbons (Fsp3) is 0.333. The average Bonchev–Trinajstić information content (AvgIpc) is 2.17. The number of hydrogen-bond donors (Lipinski definition) is 2. The first-order valence-corrected chi connectivity index (χ1v) is 4.51. The predicted molar refractivity (Wildman–Crippen MR) is 59.8 cm³/mol. The summed E-state index contributed by atoms with van der Waals surface area (Å²) >= 11 is 0. The summed E-state index contributed by atoms with van der Waals surface area (Å²) in [6.07, 6.45) is 0. The van der Waals surface area contributed by atoms with E-state index in [1.54, 1.807) is 12.1 Å². The minimum atomic E-state index is -0.498. The van der Waals surface area contributed by atoms with Crippen LogP contribution < -0.4 is 16.4 Å². The molecule has 0 fully saturated rings. The Hall–Kier alpha value is -1.82. The van der Waals surface area contributed by atoms with Gasteiger partial charge in [0.15, 0.2) is 0 Å². The molecule has 0 saturated carbocycles. The Bertz CT molecular complexity index is 367. The summed E-state index contributed by atoms with van der Waals surface area (Å²) in [5.74, 6) is 0. The van der Waals surface area contributed by atoms with Crippen molar-refractivity contribution in [2.24, 2.45) is 5.73 Å². The molecule has 0 aliphatic rings. The van der Waals surface area contributed by atoms with Crippen molar-refractivity contribution in [1.82, 2.24) is 0 Å². The molecule has 15 heavy (non-hydrogen) atoms. The molecule has 0 atom stereocenters. The Morgan fingerprint density at radius 3 is 2.67 bits per heavy atom. The zero-order chi connectivity index (χ0) is 11.4. The minimum absolute atomic E-state index is 0.0695. The predicted octanol–water partition coefficient (Wildman–Crippen LogP) is 0.572. The maximum atomic E-state index is 10.5. The normalized spacial score (nSPS) is 10.0. The summed E-state index contributed by atoms with van der Waals surface area (Å²) in [6, 6.07) is 4.63. The third-order valence-electron chi connectivity index (χ3n) is 2.11. The molecule has 0 saturated heterocycles. The van der Waals surface area contributed by atoms with Crippen LogP contribution in [0.15, 0.2) is 18.2 Å². The van der Waals surface area contributed by atoms with Crippen LogP contribution in [-0.4, -0.2) is 25.1 Å². The number of nitro benzene ring substituents is 1. The Balaban J connectivity index is 2.96. The molecule has 4 N–H and O–H groups in total. The summed E-state index contributed by atoms with van der Waals surface area (Å²) in [5.41, 5.74) is 11.9. The van der Waals surface area contributed by atoms with E-state index in [9.17, 15) is 10.1 Å². The molecule has 0 aliphatic carbocycles. The second-order valence-electron chi connectivity index (χ2n) is 3.21. The number of benzene rings is 1. The van der Waals surface area contributed by atoms with E-state index >= 15 is 0 Å². The number of anilines is 2. The van der Waals surface area contributed by atoms with Gasteiger partial charge >= 0.3 is 0 Å². The lowest BCUT2D eigenvalue weighted by Gasteiger charge is -2.18. The average molecular weight is 210 g/mol. The molecule has 0 aromatic heterocycles. The highest BCUT2D eigenvalue weighted by Crippen LogP contribution is 2.26. The van der Waals surface area contributed by atoms with Gasteiger partial charge in [0, 0.05) is 31.9 Å². The van der Waals surface area contributed by atoms with Gasteiger partial charge in [0.1, 0.15) is 5.69 Å². The van der Waals surface area contributed by atoms with E-state index in [2.05, 4.69) is 0 Å². The molecular weight excluding hydrogens is 196 g/mol. The first-order valence-electron chi connectivity index (χ1n) is 4.51. The van der Waals surface area contributed by atoms with Crippen molar-refractivity contribution in [2.75, 3.05) is 30.8 Å². The van der Waals surface area contributed by atoms with Gasteiger partial charge in [0.25, 0.3) is 5.69 Å². The molecule has 1 rings (SSSR count). The van der Waals surface area contributed by atoms with E-state index in [0.717, 1.165) is 5.69 Å². The van der Waals surface area contributed by atoms with Crippen LogP contribution in [0.5, 0.6) is 0 Å². The van der Waals surface area contributed by atoms with E-state index < -0.39 is 4.92 Å². The second kappa shape index (κ2) is 4.61. The highest BCUT2D eigenvalue weighted by molar-refractivity contribution is 5.66. The molecule has 6 heteroatoms. The number of nitrogens with zero attached hydrogens (tertiary/aromatic N) is 2. The van der Waals surface area contributed by atoms with Crippen LogP contribution in [0.1, 0.15) is 0 Å². The lowest BCUT2D eigenvalue weighted by molar-refractivity contribution is -0.383. The Morgan fingerprint density at radius 1 is 1.53 bits per heavy atom. The molecular formula is C9H14N4O2. The molecule has 1 aromatic carbocycles. The van der Waals surface area contributed by atoms with Crippen LogP contribution in [-0.2, 0) is 0 Å². The fourth-order valence-electron chi connectivity index (χ4n) is 1.27. The molecule has 0 heterocycles. The summed E-state index contributed by atoms with van der Waals surface area (Å²) in [7, 11) is 1.85. The summed E-state index contributed by atoms with van der Waals surface area (Å²) in [5, 5.41) is 10.5. The zero-order valence-corrected chi connectivity index (χ0v) is 8.51. The molecule has 0 aliphatic heterocycles. The fourth-order valence-corrected chi connectivity index (χ4v) is 1.27.